The molecule has 0 radical (unpaired) electrons. The van der Waals surface area contributed by atoms with Crippen molar-refractivity contribution in [2.75, 3.05) is 32.1 Å². The molecule has 0 spiro atoms. The molecular formula is C26H22ClN3O4. The maximum Gasteiger partial charge on any atom is 0.256 e. The van der Waals surface area contributed by atoms with E-state index in [1.807, 2.05) is 18.2 Å². The average molecular weight is 476 g/mol. The molecular weight excluding hydrogens is 454 g/mol. The van der Waals surface area contributed by atoms with Crippen molar-refractivity contribution in [3.63, 3.8) is 0 Å². The third-order valence-corrected chi connectivity index (χ3v) is 6.51. The van der Waals surface area contributed by atoms with Crippen LogP contribution in [0.25, 0.3) is 11.1 Å². The predicted molar refractivity (Wildman–Crippen MR) is 129 cm³/mol. The minimum absolute atomic E-state index is 0.125. The summed E-state index contributed by atoms with van der Waals surface area (Å²) in [6.07, 6.45) is 0. The zero-order valence-electron chi connectivity index (χ0n) is 18.5. The maximum absolute atomic E-state index is 13.5. The Balaban J connectivity index is 1.40. The molecule has 1 N–H and O–H groups in total. The van der Waals surface area contributed by atoms with Crippen molar-refractivity contribution >= 4 is 35.0 Å². The molecule has 7 nitrogen and oxygen atoms in total. The standard InChI is InChI=1S/C26H22ClN3O4/c1-34-20-9-4-17(5-10-20)25(32)29-12-13-30-23(15-29)24(31)28-22-11-6-18(14-21(22)26(30)33)16-2-7-19(27)8-3-16/h2-11,14,23H,12-13,15H2,1H3,(H,28,31)/t23-/m0/s1. The van der Waals surface area contributed by atoms with Crippen LogP contribution in [-0.2, 0) is 4.79 Å². The van der Waals surface area contributed by atoms with Crippen LogP contribution >= 0.6 is 11.6 Å². The van der Waals surface area contributed by atoms with E-state index < -0.39 is 6.04 Å². The fourth-order valence-corrected chi connectivity index (χ4v) is 4.50. The van der Waals surface area contributed by atoms with Gasteiger partial charge in [-0.15, -0.1) is 0 Å². The number of benzene rings is 3. The first-order valence-electron chi connectivity index (χ1n) is 10.9. The molecule has 1 atom stereocenters. The van der Waals surface area contributed by atoms with Crippen LogP contribution in [0.3, 0.4) is 0 Å². The van der Waals surface area contributed by atoms with Crippen molar-refractivity contribution in [1.29, 1.82) is 0 Å². The zero-order valence-corrected chi connectivity index (χ0v) is 19.2. The van der Waals surface area contributed by atoms with Gasteiger partial charge in [0.15, 0.2) is 0 Å². The first-order valence-corrected chi connectivity index (χ1v) is 11.3. The van der Waals surface area contributed by atoms with Crippen LogP contribution in [0.1, 0.15) is 20.7 Å². The number of hydrogen-bond acceptors (Lipinski definition) is 4. The number of carbonyl (C=O) groups excluding carboxylic acids is 3. The number of amides is 3. The number of piperazine rings is 1. The third-order valence-electron chi connectivity index (χ3n) is 6.25. The van der Waals surface area contributed by atoms with Gasteiger partial charge >= 0.3 is 0 Å². The van der Waals surface area contributed by atoms with Crippen molar-refractivity contribution in [3.05, 3.63) is 82.9 Å². The Morgan fingerprint density at radius 3 is 2.38 bits per heavy atom. The first kappa shape index (κ1) is 22.0. The summed E-state index contributed by atoms with van der Waals surface area (Å²) in [5, 5.41) is 3.51. The van der Waals surface area contributed by atoms with Crippen molar-refractivity contribution in [2.24, 2.45) is 0 Å². The molecule has 2 aliphatic rings. The van der Waals surface area contributed by atoms with Crippen molar-refractivity contribution < 1.29 is 19.1 Å². The van der Waals surface area contributed by atoms with Gasteiger partial charge in [0.05, 0.1) is 24.9 Å². The van der Waals surface area contributed by atoms with E-state index >= 15 is 0 Å². The lowest BCUT2D eigenvalue weighted by Gasteiger charge is -2.39. The highest BCUT2D eigenvalue weighted by atomic mass is 35.5. The lowest BCUT2D eigenvalue weighted by Crippen LogP contribution is -2.59. The molecule has 8 heteroatoms. The zero-order chi connectivity index (χ0) is 23.8. The molecule has 0 aliphatic carbocycles. The van der Waals surface area contributed by atoms with Crippen LogP contribution in [0.4, 0.5) is 5.69 Å². The highest BCUT2D eigenvalue weighted by Gasteiger charge is 2.40. The van der Waals surface area contributed by atoms with Crippen LogP contribution < -0.4 is 10.1 Å². The van der Waals surface area contributed by atoms with Gasteiger partial charge in [-0.3, -0.25) is 14.4 Å². The molecule has 0 aromatic heterocycles. The smallest absolute Gasteiger partial charge is 0.256 e. The van der Waals surface area contributed by atoms with Crippen molar-refractivity contribution in [1.82, 2.24) is 9.80 Å². The summed E-state index contributed by atoms with van der Waals surface area (Å²) in [4.78, 5) is 42.7. The number of ether oxygens (including phenoxy) is 1. The van der Waals surface area contributed by atoms with E-state index in [2.05, 4.69) is 5.32 Å². The number of carbonyl (C=O) groups is 3. The second-order valence-corrected chi connectivity index (χ2v) is 8.69. The number of nitrogens with zero attached hydrogens (tertiary/aromatic N) is 2. The molecule has 3 aromatic carbocycles. The maximum atomic E-state index is 13.5. The third kappa shape index (κ3) is 3.99. The number of nitrogens with one attached hydrogen (secondary N) is 1. The SMILES string of the molecule is COc1ccc(C(=O)N2CCN3C(=O)c4cc(-c5ccc(Cl)cc5)ccc4NC(=O)[C@@H]3C2)cc1. The van der Waals surface area contributed by atoms with E-state index in [1.165, 1.54) is 0 Å². The Morgan fingerprint density at radius 2 is 1.68 bits per heavy atom. The summed E-state index contributed by atoms with van der Waals surface area (Å²) in [6, 6.07) is 18.8. The molecule has 1 saturated heterocycles. The lowest BCUT2D eigenvalue weighted by molar-refractivity contribution is -0.121. The first-order chi connectivity index (χ1) is 16.4. The predicted octanol–water partition coefficient (Wildman–Crippen LogP) is 3.93. The summed E-state index contributed by atoms with van der Waals surface area (Å²) in [5.74, 6) is -0.0653. The Hall–Kier alpha value is -3.84. The second-order valence-electron chi connectivity index (χ2n) is 8.25. The van der Waals surface area contributed by atoms with Crippen molar-refractivity contribution in [2.45, 2.75) is 6.04 Å². The van der Waals surface area contributed by atoms with Crippen LogP contribution in [0, 0.1) is 0 Å². The number of methoxy groups -OCH3 is 1. The molecule has 0 saturated carbocycles. The quantitative estimate of drug-likeness (QED) is 0.622. The number of rotatable bonds is 3. The van der Waals surface area contributed by atoms with Gasteiger partial charge in [-0.05, 0) is 59.7 Å². The topological polar surface area (TPSA) is 79.0 Å². The molecule has 2 aliphatic heterocycles. The average Bonchev–Trinajstić information content (AvgIpc) is 2.98. The molecule has 172 valence electrons. The summed E-state index contributed by atoms with van der Waals surface area (Å²) in [7, 11) is 1.56. The van der Waals surface area contributed by atoms with Gasteiger partial charge in [-0.2, -0.15) is 0 Å². The molecule has 5 rings (SSSR count). The number of fused-ring (bicyclic) bond motifs is 2. The summed E-state index contributed by atoms with van der Waals surface area (Å²) >= 11 is 6.00. The van der Waals surface area contributed by atoms with E-state index in [1.54, 1.807) is 65.4 Å². The van der Waals surface area contributed by atoms with Crippen LogP contribution in [-0.4, -0.2) is 60.3 Å². The normalized spacial score (nSPS) is 17.4. The Kier molecular flexibility index (Phi) is 5.71. The molecule has 34 heavy (non-hydrogen) atoms. The lowest BCUT2D eigenvalue weighted by atomic mass is 10.0. The summed E-state index contributed by atoms with van der Waals surface area (Å²) in [6.45, 7) is 0.733. The molecule has 2 heterocycles. The fourth-order valence-electron chi connectivity index (χ4n) is 4.37. The molecule has 3 amide bonds. The van der Waals surface area contributed by atoms with Gasteiger partial charge in [-0.1, -0.05) is 29.8 Å². The van der Waals surface area contributed by atoms with Gasteiger partial charge < -0.3 is 19.9 Å². The largest absolute Gasteiger partial charge is 0.497 e. The highest BCUT2D eigenvalue weighted by molar-refractivity contribution is 6.30. The summed E-state index contributed by atoms with van der Waals surface area (Å²) < 4.78 is 5.15. The van der Waals surface area contributed by atoms with Crippen LogP contribution in [0.2, 0.25) is 5.02 Å². The van der Waals surface area contributed by atoms with Crippen LogP contribution in [0.5, 0.6) is 5.75 Å². The van der Waals surface area contributed by atoms with Crippen molar-refractivity contribution in [3.8, 4) is 16.9 Å². The van der Waals surface area contributed by atoms with E-state index in [4.69, 9.17) is 16.3 Å². The summed E-state index contributed by atoms with van der Waals surface area (Å²) in [5.41, 5.74) is 3.17. The number of anilines is 1. The molecule has 0 unspecified atom stereocenters. The van der Waals surface area contributed by atoms with Crippen LogP contribution in [0.15, 0.2) is 66.7 Å². The fraction of sp³-hybridized carbons (Fsp3) is 0.192. The molecule has 3 aromatic rings. The van der Waals surface area contributed by atoms with E-state index in [9.17, 15) is 14.4 Å². The monoisotopic (exact) mass is 475 g/mol. The van der Waals surface area contributed by atoms with Gasteiger partial charge in [0, 0.05) is 23.7 Å². The van der Waals surface area contributed by atoms with Gasteiger partial charge in [0.2, 0.25) is 5.91 Å². The van der Waals surface area contributed by atoms with Gasteiger partial charge in [0.1, 0.15) is 11.8 Å². The Labute approximate surface area is 201 Å². The molecule has 0 bridgehead atoms. The van der Waals surface area contributed by atoms with Gasteiger partial charge in [-0.25, -0.2) is 0 Å². The minimum atomic E-state index is -0.769. The van der Waals surface area contributed by atoms with Gasteiger partial charge in [0.25, 0.3) is 11.8 Å². The minimum Gasteiger partial charge on any atom is -0.497 e. The number of halogens is 1. The number of hydrogen-bond donors (Lipinski definition) is 1. The highest BCUT2D eigenvalue weighted by Crippen LogP contribution is 2.31. The van der Waals surface area contributed by atoms with E-state index in [0.717, 1.165) is 11.1 Å². The molecule has 1 fully saturated rings. The second kappa shape index (κ2) is 8.83. The Bertz CT molecular complexity index is 1270. The van der Waals surface area contributed by atoms with E-state index in [-0.39, 0.29) is 30.8 Å². The Morgan fingerprint density at radius 1 is 0.971 bits per heavy atom. The van der Waals surface area contributed by atoms with E-state index in [0.29, 0.717) is 34.1 Å².